The Morgan fingerprint density at radius 1 is 1.43 bits per heavy atom. The molecule has 0 spiro atoms. The number of aliphatic hydroxyl groups is 1. The van der Waals surface area contributed by atoms with E-state index in [1.807, 2.05) is 0 Å². The summed E-state index contributed by atoms with van der Waals surface area (Å²) in [5.41, 5.74) is 0. The fraction of sp³-hybridized carbons (Fsp3) is 0.889. The number of rotatable bonds is 6. The third-order valence-corrected chi connectivity index (χ3v) is 3.04. The Hall–Kier alpha value is -0.420. The maximum Gasteiger partial charge on any atom is 0.407 e. The van der Waals surface area contributed by atoms with Gasteiger partial charge in [-0.2, -0.15) is 0 Å². The van der Waals surface area contributed by atoms with Gasteiger partial charge in [-0.3, -0.25) is 0 Å². The summed E-state index contributed by atoms with van der Waals surface area (Å²) in [6, 6.07) is 0. The summed E-state index contributed by atoms with van der Waals surface area (Å²) in [6.07, 6.45) is 7.28. The molecule has 0 atom stereocenters. The van der Waals surface area contributed by atoms with E-state index in [4.69, 9.17) is 5.11 Å². The summed E-state index contributed by atoms with van der Waals surface area (Å²) >= 11 is 0. The van der Waals surface area contributed by atoms with Crippen molar-refractivity contribution in [1.29, 1.82) is 0 Å². The Kier molecular flexibility index (Phi) is 6.74. The highest BCUT2D eigenvalue weighted by molar-refractivity contribution is 8.32. The van der Waals surface area contributed by atoms with Gasteiger partial charge in [0.1, 0.15) is 6.61 Å². The van der Waals surface area contributed by atoms with Crippen LogP contribution >= 0.6 is 10.0 Å². The molecule has 0 unspecified atom stereocenters. The molecule has 2 N–H and O–H groups in total. The average molecular weight is 223 g/mol. The van der Waals surface area contributed by atoms with Crippen LogP contribution in [0.25, 0.3) is 0 Å². The maximum absolute atomic E-state index is 10.9. The van der Waals surface area contributed by atoms with Crippen LogP contribution in [-0.2, 0) is 4.74 Å². The van der Waals surface area contributed by atoms with Gasteiger partial charge < -0.3 is 15.2 Å². The lowest BCUT2D eigenvalue weighted by molar-refractivity contribution is 0.119. The topological polar surface area (TPSA) is 58.6 Å². The van der Waals surface area contributed by atoms with Crippen LogP contribution in [0.15, 0.2) is 0 Å². The van der Waals surface area contributed by atoms with Crippen molar-refractivity contribution in [3.63, 3.8) is 0 Å². The van der Waals surface area contributed by atoms with Gasteiger partial charge in [0.25, 0.3) is 0 Å². The van der Waals surface area contributed by atoms with E-state index in [0.717, 1.165) is 12.2 Å². The number of hydrogen-bond donors (Lipinski definition) is 2. The van der Waals surface area contributed by atoms with Crippen LogP contribution in [0.2, 0.25) is 0 Å². The molecule has 0 saturated heterocycles. The first kappa shape index (κ1) is 13.6. The van der Waals surface area contributed by atoms with Crippen LogP contribution in [0.3, 0.4) is 0 Å². The number of nitrogens with one attached hydrogen (secondary N) is 1. The van der Waals surface area contributed by atoms with Crippen molar-refractivity contribution in [1.82, 2.24) is 5.32 Å². The van der Waals surface area contributed by atoms with Gasteiger partial charge in [-0.1, -0.05) is 0 Å². The molecule has 14 heavy (non-hydrogen) atoms. The number of carbonyl (C=O) groups is 1. The van der Waals surface area contributed by atoms with E-state index in [1.54, 1.807) is 0 Å². The first-order valence-corrected chi connectivity index (χ1v) is 7.66. The Balaban J connectivity index is 3.32. The molecule has 1 amide bonds. The Bertz CT molecular complexity index is 168. The van der Waals surface area contributed by atoms with Crippen LogP contribution in [0, 0.1) is 0 Å². The number of ether oxygens (including phenoxy) is 1. The molecule has 5 heteroatoms. The van der Waals surface area contributed by atoms with Crippen molar-refractivity contribution < 1.29 is 14.6 Å². The summed E-state index contributed by atoms with van der Waals surface area (Å²) in [5.74, 6) is 1.15. The molecular weight excluding hydrogens is 202 g/mol. The molecule has 0 fully saturated rings. The molecule has 0 aromatic rings. The van der Waals surface area contributed by atoms with E-state index < -0.39 is 16.1 Å². The van der Waals surface area contributed by atoms with Gasteiger partial charge in [0.15, 0.2) is 0 Å². The highest BCUT2D eigenvalue weighted by Crippen LogP contribution is 2.34. The Morgan fingerprint density at radius 3 is 2.57 bits per heavy atom. The lowest BCUT2D eigenvalue weighted by atomic mass is 10.5. The monoisotopic (exact) mass is 223 g/mol. The van der Waals surface area contributed by atoms with E-state index in [2.05, 4.69) is 28.8 Å². The van der Waals surface area contributed by atoms with Gasteiger partial charge in [-0.15, -0.1) is 0 Å². The third-order valence-electron chi connectivity index (χ3n) is 1.53. The van der Waals surface area contributed by atoms with Gasteiger partial charge in [-0.25, -0.2) is 14.8 Å². The minimum absolute atomic E-state index is 0.0658. The largest absolute Gasteiger partial charge is 0.447 e. The Morgan fingerprint density at radius 2 is 2.07 bits per heavy atom. The highest BCUT2D eigenvalue weighted by atomic mass is 32.3. The fourth-order valence-corrected chi connectivity index (χ4v) is 1.90. The summed E-state index contributed by atoms with van der Waals surface area (Å²) in [5, 5.41) is 11.0. The van der Waals surface area contributed by atoms with Gasteiger partial charge in [0.2, 0.25) is 0 Å². The molecule has 0 radical (unpaired) electrons. The number of amides is 1. The van der Waals surface area contributed by atoms with Crippen LogP contribution in [0.4, 0.5) is 4.79 Å². The third kappa shape index (κ3) is 9.67. The summed E-state index contributed by atoms with van der Waals surface area (Å²) in [4.78, 5) is 10.9. The Labute approximate surface area is 87.3 Å². The smallest absolute Gasteiger partial charge is 0.407 e. The minimum Gasteiger partial charge on any atom is -0.447 e. The number of hydrogen-bond acceptors (Lipinski definition) is 3. The van der Waals surface area contributed by atoms with Crippen molar-refractivity contribution in [2.45, 2.75) is 6.42 Å². The number of alkyl carbamates (subject to hydrolysis) is 1. The highest BCUT2D eigenvalue weighted by Gasteiger charge is 2.04. The van der Waals surface area contributed by atoms with Crippen molar-refractivity contribution in [3.05, 3.63) is 0 Å². The lowest BCUT2D eigenvalue weighted by Crippen LogP contribution is -2.27. The van der Waals surface area contributed by atoms with Gasteiger partial charge in [0, 0.05) is 6.54 Å². The molecule has 86 valence electrons. The molecule has 0 rings (SSSR count). The molecule has 0 aliphatic rings. The molecular formula is C9H21NO3S. The second kappa shape index (κ2) is 6.95. The number of aliphatic hydroxyl groups excluding tert-OH is 1. The van der Waals surface area contributed by atoms with Gasteiger partial charge >= 0.3 is 6.09 Å². The second-order valence-corrected chi connectivity index (χ2v) is 8.52. The van der Waals surface area contributed by atoms with Crippen molar-refractivity contribution in [2.75, 3.05) is 44.3 Å². The SMILES string of the molecule is CS(C)(C)CCCNC(=O)OCCO. The van der Waals surface area contributed by atoms with Crippen molar-refractivity contribution in [3.8, 4) is 0 Å². The summed E-state index contributed by atoms with van der Waals surface area (Å²) < 4.78 is 4.63. The van der Waals surface area contributed by atoms with E-state index in [1.165, 1.54) is 0 Å². The van der Waals surface area contributed by atoms with Crippen LogP contribution < -0.4 is 5.32 Å². The lowest BCUT2D eigenvalue weighted by Gasteiger charge is -2.24. The molecule has 0 bridgehead atoms. The van der Waals surface area contributed by atoms with Crippen molar-refractivity contribution >= 4 is 16.1 Å². The molecule has 0 aromatic carbocycles. The molecule has 0 aliphatic carbocycles. The molecule has 0 heterocycles. The quantitative estimate of drug-likeness (QED) is 0.655. The second-order valence-electron chi connectivity index (χ2n) is 3.93. The zero-order valence-corrected chi connectivity index (χ0v) is 10.0. The minimum atomic E-state index is -0.471. The summed E-state index contributed by atoms with van der Waals surface area (Å²) in [7, 11) is -0.471. The average Bonchev–Trinajstić information content (AvgIpc) is 2.07. The standard InChI is InChI=1S/C9H21NO3S/c1-14(2,3)8-4-5-10-9(12)13-7-6-11/h11H,4-8H2,1-3H3,(H,10,12). The molecule has 0 aliphatic heterocycles. The normalized spacial score (nSPS) is 12.3. The first-order chi connectivity index (χ1) is 6.45. The van der Waals surface area contributed by atoms with E-state index in [-0.39, 0.29) is 13.2 Å². The first-order valence-electron chi connectivity index (χ1n) is 4.63. The predicted molar refractivity (Wildman–Crippen MR) is 61.3 cm³/mol. The van der Waals surface area contributed by atoms with Crippen LogP contribution in [0.1, 0.15) is 6.42 Å². The zero-order valence-electron chi connectivity index (χ0n) is 9.21. The fourth-order valence-electron chi connectivity index (χ4n) is 0.885. The van der Waals surface area contributed by atoms with Crippen molar-refractivity contribution in [2.24, 2.45) is 0 Å². The van der Waals surface area contributed by atoms with Crippen LogP contribution in [0.5, 0.6) is 0 Å². The molecule has 4 nitrogen and oxygen atoms in total. The molecule has 0 aromatic heterocycles. The maximum atomic E-state index is 10.9. The zero-order chi connectivity index (χ0) is 11.0. The predicted octanol–water partition coefficient (Wildman–Crippen LogP) is 0.789. The molecule has 0 saturated carbocycles. The number of carbonyl (C=O) groups excluding carboxylic acids is 1. The van der Waals surface area contributed by atoms with E-state index in [9.17, 15) is 4.79 Å². The summed E-state index contributed by atoms with van der Waals surface area (Å²) in [6.45, 7) is 0.588. The van der Waals surface area contributed by atoms with E-state index in [0.29, 0.717) is 6.54 Å². The van der Waals surface area contributed by atoms with Gasteiger partial charge in [0.05, 0.1) is 6.61 Å². The van der Waals surface area contributed by atoms with Gasteiger partial charge in [-0.05, 0) is 30.9 Å². The van der Waals surface area contributed by atoms with E-state index >= 15 is 0 Å². The van der Waals surface area contributed by atoms with Crippen LogP contribution in [-0.4, -0.2) is 55.5 Å².